The van der Waals surface area contributed by atoms with Crippen molar-refractivity contribution in [1.29, 1.82) is 0 Å². The lowest BCUT2D eigenvalue weighted by molar-refractivity contribution is 0.624. The molecule has 0 radical (unpaired) electrons. The van der Waals surface area contributed by atoms with Gasteiger partial charge >= 0.3 is 0 Å². The Labute approximate surface area is 102 Å². The molecule has 0 saturated carbocycles. The Kier molecular flexibility index (Phi) is 3.54. The van der Waals surface area contributed by atoms with Crippen LogP contribution in [0.1, 0.15) is 29.9 Å². The molecule has 0 spiro atoms. The summed E-state index contributed by atoms with van der Waals surface area (Å²) in [5.41, 5.74) is 8.50. The fourth-order valence-electron chi connectivity index (χ4n) is 1.99. The fraction of sp³-hybridized carbons (Fsp3) is 0.385. The van der Waals surface area contributed by atoms with Crippen LogP contribution in [0.25, 0.3) is 0 Å². The molecule has 2 aromatic rings. The number of pyridine rings is 1. The van der Waals surface area contributed by atoms with Crippen molar-refractivity contribution in [3.05, 3.63) is 47.8 Å². The maximum absolute atomic E-state index is 6.22. The molecule has 0 aliphatic rings. The molecular weight excluding hydrogens is 212 g/mol. The summed E-state index contributed by atoms with van der Waals surface area (Å²) in [6.07, 6.45) is 8.19. The van der Waals surface area contributed by atoms with Crippen molar-refractivity contribution in [2.24, 2.45) is 5.73 Å². The Hall–Kier alpha value is -1.68. The SMILES string of the molecule is CCn1ccnc1CC(N)c1cnccc1C. The van der Waals surface area contributed by atoms with Gasteiger partial charge in [-0.1, -0.05) is 0 Å². The monoisotopic (exact) mass is 230 g/mol. The first-order chi connectivity index (χ1) is 8.22. The van der Waals surface area contributed by atoms with E-state index in [1.54, 1.807) is 6.20 Å². The number of aryl methyl sites for hydroxylation is 2. The lowest BCUT2D eigenvalue weighted by Gasteiger charge is -2.14. The maximum atomic E-state index is 6.22. The summed E-state index contributed by atoms with van der Waals surface area (Å²) in [6.45, 7) is 5.09. The van der Waals surface area contributed by atoms with E-state index in [-0.39, 0.29) is 6.04 Å². The van der Waals surface area contributed by atoms with Crippen molar-refractivity contribution < 1.29 is 0 Å². The molecule has 2 aromatic heterocycles. The van der Waals surface area contributed by atoms with Crippen LogP contribution in [0.4, 0.5) is 0 Å². The van der Waals surface area contributed by atoms with Crippen molar-refractivity contribution >= 4 is 0 Å². The van der Waals surface area contributed by atoms with Crippen molar-refractivity contribution in [1.82, 2.24) is 14.5 Å². The molecule has 0 amide bonds. The summed E-state index contributed by atoms with van der Waals surface area (Å²) >= 11 is 0. The lowest BCUT2D eigenvalue weighted by Crippen LogP contribution is -2.17. The lowest BCUT2D eigenvalue weighted by atomic mass is 10.0. The highest BCUT2D eigenvalue weighted by Crippen LogP contribution is 2.17. The molecule has 0 saturated heterocycles. The van der Waals surface area contributed by atoms with E-state index in [0.29, 0.717) is 0 Å². The molecule has 2 heterocycles. The third-order valence-corrected chi connectivity index (χ3v) is 3.02. The van der Waals surface area contributed by atoms with E-state index in [9.17, 15) is 0 Å². The first-order valence-corrected chi connectivity index (χ1v) is 5.88. The van der Waals surface area contributed by atoms with Gasteiger partial charge < -0.3 is 10.3 Å². The van der Waals surface area contributed by atoms with Crippen LogP contribution < -0.4 is 5.73 Å². The van der Waals surface area contributed by atoms with Crippen LogP contribution in [0.2, 0.25) is 0 Å². The molecule has 90 valence electrons. The quantitative estimate of drug-likeness (QED) is 0.872. The third kappa shape index (κ3) is 2.53. The van der Waals surface area contributed by atoms with Crippen LogP contribution in [-0.4, -0.2) is 14.5 Å². The number of imidazole rings is 1. The van der Waals surface area contributed by atoms with Crippen molar-refractivity contribution in [3.8, 4) is 0 Å². The number of rotatable bonds is 4. The highest BCUT2D eigenvalue weighted by Gasteiger charge is 2.12. The molecule has 1 unspecified atom stereocenters. The average Bonchev–Trinajstić information content (AvgIpc) is 2.76. The molecule has 2 N–H and O–H groups in total. The summed E-state index contributed by atoms with van der Waals surface area (Å²) < 4.78 is 2.12. The highest BCUT2D eigenvalue weighted by atomic mass is 15.1. The minimum Gasteiger partial charge on any atom is -0.335 e. The van der Waals surface area contributed by atoms with E-state index >= 15 is 0 Å². The van der Waals surface area contributed by atoms with E-state index in [1.807, 2.05) is 24.7 Å². The molecule has 0 bridgehead atoms. The van der Waals surface area contributed by atoms with Crippen molar-refractivity contribution in [2.45, 2.75) is 32.9 Å². The topological polar surface area (TPSA) is 56.7 Å². The number of hydrogen-bond donors (Lipinski definition) is 1. The van der Waals surface area contributed by atoms with Gasteiger partial charge in [0.15, 0.2) is 0 Å². The summed E-state index contributed by atoms with van der Waals surface area (Å²) in [5.74, 6) is 1.03. The van der Waals surface area contributed by atoms with Crippen LogP contribution in [-0.2, 0) is 13.0 Å². The van der Waals surface area contributed by atoms with Gasteiger partial charge in [-0.15, -0.1) is 0 Å². The van der Waals surface area contributed by atoms with Gasteiger partial charge in [-0.05, 0) is 31.0 Å². The van der Waals surface area contributed by atoms with Crippen LogP contribution in [0.15, 0.2) is 30.9 Å². The number of nitrogens with zero attached hydrogens (tertiary/aromatic N) is 3. The highest BCUT2D eigenvalue weighted by molar-refractivity contribution is 5.25. The Bertz CT molecular complexity index is 490. The van der Waals surface area contributed by atoms with Crippen LogP contribution in [0, 0.1) is 6.92 Å². The second-order valence-electron chi connectivity index (χ2n) is 4.17. The standard InChI is InChI=1S/C13H18N4/c1-3-17-7-6-16-13(17)8-12(14)11-9-15-5-4-10(11)2/h4-7,9,12H,3,8,14H2,1-2H3. The van der Waals surface area contributed by atoms with E-state index in [4.69, 9.17) is 5.73 Å². The van der Waals surface area contributed by atoms with E-state index < -0.39 is 0 Å². The second kappa shape index (κ2) is 5.10. The Morgan fingerprint density at radius 2 is 2.24 bits per heavy atom. The normalized spacial score (nSPS) is 12.6. The molecule has 0 aliphatic carbocycles. The molecule has 4 nitrogen and oxygen atoms in total. The first-order valence-electron chi connectivity index (χ1n) is 5.88. The maximum Gasteiger partial charge on any atom is 0.110 e. The summed E-state index contributed by atoms with van der Waals surface area (Å²) in [7, 11) is 0. The van der Waals surface area contributed by atoms with E-state index in [2.05, 4.69) is 28.4 Å². The fourth-order valence-corrected chi connectivity index (χ4v) is 1.99. The summed E-state index contributed by atoms with van der Waals surface area (Å²) in [6, 6.07) is 1.94. The molecule has 4 heteroatoms. The molecule has 0 aromatic carbocycles. The molecule has 2 rings (SSSR count). The number of nitrogens with two attached hydrogens (primary N) is 1. The zero-order valence-electron chi connectivity index (χ0n) is 10.3. The van der Waals surface area contributed by atoms with Crippen LogP contribution >= 0.6 is 0 Å². The van der Waals surface area contributed by atoms with Gasteiger partial charge in [0.25, 0.3) is 0 Å². The average molecular weight is 230 g/mol. The molecule has 0 fully saturated rings. The Morgan fingerprint density at radius 1 is 1.41 bits per heavy atom. The molecule has 1 atom stereocenters. The van der Waals surface area contributed by atoms with Crippen LogP contribution in [0.3, 0.4) is 0 Å². The molecular formula is C13H18N4. The van der Waals surface area contributed by atoms with Gasteiger partial charge in [0.2, 0.25) is 0 Å². The van der Waals surface area contributed by atoms with E-state index in [0.717, 1.165) is 24.4 Å². The largest absolute Gasteiger partial charge is 0.335 e. The predicted molar refractivity (Wildman–Crippen MR) is 67.5 cm³/mol. The van der Waals surface area contributed by atoms with Gasteiger partial charge in [0.1, 0.15) is 5.82 Å². The van der Waals surface area contributed by atoms with E-state index in [1.165, 1.54) is 5.56 Å². The number of hydrogen-bond acceptors (Lipinski definition) is 3. The first kappa shape index (κ1) is 11.8. The summed E-state index contributed by atoms with van der Waals surface area (Å²) in [5, 5.41) is 0. The molecule has 17 heavy (non-hydrogen) atoms. The second-order valence-corrected chi connectivity index (χ2v) is 4.17. The van der Waals surface area contributed by atoms with Gasteiger partial charge in [0, 0.05) is 43.8 Å². The smallest absolute Gasteiger partial charge is 0.110 e. The van der Waals surface area contributed by atoms with Crippen molar-refractivity contribution in [3.63, 3.8) is 0 Å². The van der Waals surface area contributed by atoms with Gasteiger partial charge in [0.05, 0.1) is 0 Å². The zero-order chi connectivity index (χ0) is 12.3. The third-order valence-electron chi connectivity index (χ3n) is 3.02. The minimum absolute atomic E-state index is 0.0450. The van der Waals surface area contributed by atoms with Gasteiger partial charge in [-0.3, -0.25) is 4.98 Å². The number of aromatic nitrogens is 3. The Balaban J connectivity index is 2.17. The summed E-state index contributed by atoms with van der Waals surface area (Å²) in [4.78, 5) is 8.48. The minimum atomic E-state index is -0.0450. The Morgan fingerprint density at radius 3 is 2.94 bits per heavy atom. The van der Waals surface area contributed by atoms with Crippen LogP contribution in [0.5, 0.6) is 0 Å². The van der Waals surface area contributed by atoms with Crippen molar-refractivity contribution in [2.75, 3.05) is 0 Å². The molecule has 0 aliphatic heterocycles. The van der Waals surface area contributed by atoms with Gasteiger partial charge in [-0.25, -0.2) is 4.98 Å². The predicted octanol–water partition coefficient (Wildman–Crippen LogP) is 1.85. The zero-order valence-corrected chi connectivity index (χ0v) is 10.3. The van der Waals surface area contributed by atoms with Gasteiger partial charge in [-0.2, -0.15) is 0 Å².